The minimum atomic E-state index is 0.284. The Hall–Kier alpha value is 0.610. The summed E-state index contributed by atoms with van der Waals surface area (Å²) in [5, 5.41) is 0. The Morgan fingerprint density at radius 2 is 1.88 bits per heavy atom. The SMILES string of the molecule is Cc1sc(Br)cc1C(Br)c1ccc(I)cc1. The van der Waals surface area contributed by atoms with E-state index in [-0.39, 0.29) is 4.83 Å². The third-order valence-corrected chi connectivity index (χ3v) is 5.67. The van der Waals surface area contributed by atoms with Crippen LogP contribution in [0.2, 0.25) is 0 Å². The highest BCUT2D eigenvalue weighted by atomic mass is 127. The van der Waals surface area contributed by atoms with Gasteiger partial charge in [0.15, 0.2) is 0 Å². The topological polar surface area (TPSA) is 0 Å². The lowest BCUT2D eigenvalue weighted by Gasteiger charge is -2.10. The fourth-order valence-corrected chi connectivity index (χ4v) is 4.56. The lowest BCUT2D eigenvalue weighted by molar-refractivity contribution is 1.17. The van der Waals surface area contributed by atoms with Gasteiger partial charge in [-0.1, -0.05) is 28.1 Å². The second-order valence-electron chi connectivity index (χ2n) is 3.48. The van der Waals surface area contributed by atoms with Crippen LogP contribution >= 0.6 is 65.8 Å². The third-order valence-electron chi connectivity index (χ3n) is 2.36. The van der Waals surface area contributed by atoms with E-state index in [4.69, 9.17) is 0 Å². The van der Waals surface area contributed by atoms with E-state index in [0.717, 1.165) is 0 Å². The first-order valence-electron chi connectivity index (χ1n) is 4.73. The Morgan fingerprint density at radius 1 is 1.25 bits per heavy atom. The van der Waals surface area contributed by atoms with Gasteiger partial charge in [0.1, 0.15) is 0 Å². The van der Waals surface area contributed by atoms with Crippen LogP contribution in [0.25, 0.3) is 0 Å². The van der Waals surface area contributed by atoms with Crippen LogP contribution in [-0.4, -0.2) is 0 Å². The zero-order valence-corrected chi connectivity index (χ0v) is 14.7. The van der Waals surface area contributed by atoms with E-state index in [9.17, 15) is 0 Å². The second-order valence-corrected chi connectivity index (χ2v) is 8.27. The van der Waals surface area contributed by atoms with Crippen LogP contribution in [0.4, 0.5) is 0 Å². The molecule has 1 atom stereocenters. The Bertz CT molecular complexity index is 490. The van der Waals surface area contributed by atoms with Crippen molar-refractivity contribution in [3.63, 3.8) is 0 Å². The number of rotatable bonds is 2. The summed E-state index contributed by atoms with van der Waals surface area (Å²) in [6.45, 7) is 2.16. The first kappa shape index (κ1) is 13.1. The molecule has 1 aromatic heterocycles. The van der Waals surface area contributed by atoms with Gasteiger partial charge in [0.2, 0.25) is 0 Å². The maximum absolute atomic E-state index is 3.77. The smallest absolute Gasteiger partial charge is 0.0704 e. The average molecular weight is 472 g/mol. The van der Waals surface area contributed by atoms with Crippen LogP contribution in [0, 0.1) is 10.5 Å². The molecule has 0 spiro atoms. The molecule has 2 rings (SSSR count). The fourth-order valence-electron chi connectivity index (χ4n) is 1.52. The van der Waals surface area contributed by atoms with Crippen molar-refractivity contribution in [1.29, 1.82) is 0 Å². The van der Waals surface area contributed by atoms with Crippen molar-refractivity contribution in [2.24, 2.45) is 0 Å². The zero-order valence-electron chi connectivity index (χ0n) is 8.51. The molecule has 1 aromatic carbocycles. The predicted molar refractivity (Wildman–Crippen MR) is 86.7 cm³/mol. The summed E-state index contributed by atoms with van der Waals surface area (Å²) in [6.07, 6.45) is 0. The number of halogens is 3. The molecular weight excluding hydrogens is 463 g/mol. The van der Waals surface area contributed by atoms with Crippen LogP contribution in [0.5, 0.6) is 0 Å². The lowest BCUT2D eigenvalue weighted by Crippen LogP contribution is -1.92. The molecule has 0 radical (unpaired) electrons. The van der Waals surface area contributed by atoms with Crippen LogP contribution < -0.4 is 0 Å². The van der Waals surface area contributed by atoms with E-state index < -0.39 is 0 Å². The summed E-state index contributed by atoms with van der Waals surface area (Å²) >= 11 is 11.4. The molecule has 16 heavy (non-hydrogen) atoms. The molecule has 1 heterocycles. The predicted octanol–water partition coefficient (Wildman–Crippen LogP) is 5.91. The highest BCUT2D eigenvalue weighted by Gasteiger charge is 2.15. The van der Waals surface area contributed by atoms with E-state index in [1.54, 1.807) is 11.3 Å². The number of hydrogen-bond donors (Lipinski definition) is 0. The molecular formula is C12H9Br2IS. The normalized spacial score (nSPS) is 12.8. The summed E-state index contributed by atoms with van der Waals surface area (Å²) in [6, 6.07) is 10.8. The van der Waals surface area contributed by atoms with E-state index in [1.165, 1.54) is 23.4 Å². The van der Waals surface area contributed by atoms with Gasteiger partial charge in [0.05, 0.1) is 8.61 Å². The van der Waals surface area contributed by atoms with Crippen LogP contribution in [-0.2, 0) is 0 Å². The van der Waals surface area contributed by atoms with Crippen molar-refractivity contribution >= 4 is 65.8 Å². The molecule has 2 aromatic rings. The molecule has 0 bridgehead atoms. The molecule has 0 aliphatic rings. The minimum absolute atomic E-state index is 0.284. The van der Waals surface area contributed by atoms with Gasteiger partial charge in [-0.25, -0.2) is 0 Å². The van der Waals surface area contributed by atoms with E-state index >= 15 is 0 Å². The van der Waals surface area contributed by atoms with Crippen LogP contribution in [0.1, 0.15) is 20.8 Å². The Kier molecular flexibility index (Phi) is 4.49. The van der Waals surface area contributed by atoms with E-state index in [2.05, 4.69) is 91.7 Å². The molecule has 0 fully saturated rings. The number of alkyl halides is 1. The van der Waals surface area contributed by atoms with E-state index in [1.807, 2.05) is 0 Å². The summed E-state index contributed by atoms with van der Waals surface area (Å²) in [5.41, 5.74) is 2.65. The third kappa shape index (κ3) is 2.89. The number of hydrogen-bond acceptors (Lipinski definition) is 1. The van der Waals surface area contributed by atoms with Crippen molar-refractivity contribution in [2.75, 3.05) is 0 Å². The number of aryl methyl sites for hydroxylation is 1. The monoisotopic (exact) mass is 470 g/mol. The van der Waals surface area contributed by atoms with Crippen molar-refractivity contribution in [2.45, 2.75) is 11.8 Å². The first-order valence-corrected chi connectivity index (χ1v) is 8.33. The molecule has 0 saturated carbocycles. The molecule has 0 aliphatic carbocycles. The molecule has 0 nitrogen and oxygen atoms in total. The van der Waals surface area contributed by atoms with Crippen molar-refractivity contribution < 1.29 is 0 Å². The first-order chi connectivity index (χ1) is 7.58. The minimum Gasteiger partial charge on any atom is -0.133 e. The molecule has 84 valence electrons. The maximum atomic E-state index is 3.77. The summed E-state index contributed by atoms with van der Waals surface area (Å²) < 4.78 is 2.46. The number of benzene rings is 1. The van der Waals surface area contributed by atoms with Crippen molar-refractivity contribution in [3.8, 4) is 0 Å². The summed E-state index contributed by atoms with van der Waals surface area (Å²) in [5.74, 6) is 0. The lowest BCUT2D eigenvalue weighted by atomic mass is 10.1. The quantitative estimate of drug-likeness (QED) is 0.377. The summed E-state index contributed by atoms with van der Waals surface area (Å²) in [7, 11) is 0. The van der Waals surface area contributed by atoms with Gasteiger partial charge in [-0.3, -0.25) is 0 Å². The molecule has 0 amide bonds. The summed E-state index contributed by atoms with van der Waals surface area (Å²) in [4.78, 5) is 1.64. The van der Waals surface area contributed by atoms with Gasteiger partial charge in [0, 0.05) is 8.45 Å². The van der Waals surface area contributed by atoms with Crippen LogP contribution in [0.15, 0.2) is 34.1 Å². The van der Waals surface area contributed by atoms with Gasteiger partial charge in [-0.05, 0) is 74.8 Å². The van der Waals surface area contributed by atoms with E-state index in [0.29, 0.717) is 0 Å². The number of thiophene rings is 1. The second kappa shape index (κ2) is 5.50. The molecule has 0 N–H and O–H groups in total. The highest BCUT2D eigenvalue weighted by molar-refractivity contribution is 14.1. The van der Waals surface area contributed by atoms with Gasteiger partial charge < -0.3 is 0 Å². The average Bonchev–Trinajstić information content (AvgIpc) is 2.58. The largest absolute Gasteiger partial charge is 0.133 e. The molecule has 4 heteroatoms. The molecule has 0 saturated heterocycles. The van der Waals surface area contributed by atoms with Gasteiger partial charge in [-0.2, -0.15) is 0 Å². The van der Waals surface area contributed by atoms with Gasteiger partial charge in [-0.15, -0.1) is 11.3 Å². The van der Waals surface area contributed by atoms with Crippen molar-refractivity contribution in [1.82, 2.24) is 0 Å². The fraction of sp³-hybridized carbons (Fsp3) is 0.167. The van der Waals surface area contributed by atoms with Gasteiger partial charge in [0.25, 0.3) is 0 Å². The van der Waals surface area contributed by atoms with Crippen LogP contribution in [0.3, 0.4) is 0 Å². The Balaban J connectivity index is 2.35. The standard InChI is InChI=1S/C12H9Br2IS/c1-7-10(6-11(13)16-7)12(14)8-2-4-9(15)5-3-8/h2-6,12H,1H3. The molecule has 1 unspecified atom stereocenters. The van der Waals surface area contributed by atoms with Crippen molar-refractivity contribution in [3.05, 3.63) is 53.7 Å². The highest BCUT2D eigenvalue weighted by Crippen LogP contribution is 2.38. The Morgan fingerprint density at radius 3 is 2.38 bits per heavy atom. The Labute approximate surface area is 130 Å². The zero-order chi connectivity index (χ0) is 11.7. The van der Waals surface area contributed by atoms with Gasteiger partial charge >= 0.3 is 0 Å². The maximum Gasteiger partial charge on any atom is 0.0704 e. The molecule has 0 aliphatic heterocycles.